The van der Waals surface area contributed by atoms with Crippen molar-refractivity contribution >= 4 is 45.7 Å². The summed E-state index contributed by atoms with van der Waals surface area (Å²) in [5.41, 5.74) is 8.77. The van der Waals surface area contributed by atoms with Gasteiger partial charge < -0.3 is 30.1 Å². The van der Waals surface area contributed by atoms with Crippen molar-refractivity contribution in [3.8, 4) is 6.01 Å². The van der Waals surface area contributed by atoms with Gasteiger partial charge in [-0.05, 0) is 50.4 Å². The van der Waals surface area contributed by atoms with Crippen LogP contribution in [0.2, 0.25) is 5.02 Å². The number of anilines is 2. The van der Waals surface area contributed by atoms with Gasteiger partial charge in [-0.25, -0.2) is 0 Å². The molecule has 4 heterocycles. The lowest BCUT2D eigenvalue weighted by molar-refractivity contribution is -0.130. The summed E-state index contributed by atoms with van der Waals surface area (Å²) in [6, 6.07) is 12.1. The summed E-state index contributed by atoms with van der Waals surface area (Å²) in [6.45, 7) is 5.50. The molecule has 11 heteroatoms. The number of rotatable bonds is 6. The van der Waals surface area contributed by atoms with Crippen LogP contribution < -0.4 is 20.3 Å². The molecule has 0 aliphatic carbocycles. The van der Waals surface area contributed by atoms with E-state index in [2.05, 4.69) is 35.0 Å². The average Bonchev–Trinajstić information content (AvgIpc) is 3.39. The highest BCUT2D eigenvalue weighted by Gasteiger charge is 2.36. The number of primary amides is 1. The Balaban J connectivity index is 1.37. The minimum Gasteiger partial charge on any atom is -0.462 e. The van der Waals surface area contributed by atoms with Gasteiger partial charge >= 0.3 is 6.01 Å². The molecule has 1 aromatic heterocycles. The first-order valence-corrected chi connectivity index (χ1v) is 14.6. The lowest BCUT2D eigenvalue weighted by atomic mass is 10.0. The Hall–Kier alpha value is -3.63. The number of likely N-dealkylation sites (tertiary alicyclic amines) is 1. The molecule has 41 heavy (non-hydrogen) atoms. The van der Waals surface area contributed by atoms with Crippen molar-refractivity contribution in [2.45, 2.75) is 44.8 Å². The summed E-state index contributed by atoms with van der Waals surface area (Å²) in [5.74, 6) is 0.114. The smallest absolute Gasteiger partial charge is 0.318 e. The van der Waals surface area contributed by atoms with Crippen molar-refractivity contribution in [1.82, 2.24) is 19.8 Å². The summed E-state index contributed by atoms with van der Waals surface area (Å²) in [7, 11) is 2.11. The summed E-state index contributed by atoms with van der Waals surface area (Å²) in [5, 5.41) is 2.82. The number of hydrogen-bond donors (Lipinski definition) is 1. The van der Waals surface area contributed by atoms with Gasteiger partial charge in [0.2, 0.25) is 11.8 Å². The molecule has 2 saturated heterocycles. The van der Waals surface area contributed by atoms with Crippen LogP contribution in [0, 0.1) is 0 Å². The second-order valence-corrected chi connectivity index (χ2v) is 11.6. The number of nitrogens with two attached hydrogens (primary N) is 1. The molecule has 3 aliphatic heterocycles. The topological polar surface area (TPSA) is 108 Å². The summed E-state index contributed by atoms with van der Waals surface area (Å²) >= 11 is 6.67. The lowest BCUT2D eigenvalue weighted by Crippen LogP contribution is -2.59. The van der Waals surface area contributed by atoms with Crippen molar-refractivity contribution in [3.05, 3.63) is 52.7 Å². The zero-order chi connectivity index (χ0) is 28.7. The van der Waals surface area contributed by atoms with E-state index in [0.29, 0.717) is 55.6 Å². The summed E-state index contributed by atoms with van der Waals surface area (Å²) < 4.78 is 6.23. The van der Waals surface area contributed by atoms with E-state index >= 15 is 0 Å². The van der Waals surface area contributed by atoms with E-state index < -0.39 is 11.9 Å². The maximum atomic E-state index is 12.6. The average molecular weight is 578 g/mol. The lowest BCUT2D eigenvalue weighted by Gasteiger charge is -2.42. The number of carbonyl (C=O) groups is 2. The predicted molar refractivity (Wildman–Crippen MR) is 159 cm³/mol. The fourth-order valence-electron chi connectivity index (χ4n) is 6.36. The van der Waals surface area contributed by atoms with Crippen molar-refractivity contribution in [1.29, 1.82) is 0 Å². The van der Waals surface area contributed by atoms with Crippen LogP contribution in [0.4, 0.5) is 11.5 Å². The molecule has 2 N–H and O–H groups in total. The number of hydrogen-bond acceptors (Lipinski definition) is 8. The molecule has 1 unspecified atom stereocenters. The third-order valence-corrected chi connectivity index (χ3v) is 9.01. The van der Waals surface area contributed by atoms with Crippen molar-refractivity contribution < 1.29 is 14.3 Å². The van der Waals surface area contributed by atoms with E-state index in [4.69, 9.17) is 32.0 Å². The fraction of sp³-hybridized carbons (Fsp3) is 0.467. The Labute approximate surface area is 245 Å². The Morgan fingerprint density at radius 3 is 2.63 bits per heavy atom. The first kappa shape index (κ1) is 27.5. The molecule has 10 nitrogen and oxygen atoms in total. The highest BCUT2D eigenvalue weighted by atomic mass is 35.5. The number of amides is 2. The SMILES string of the molecule is CC(=O)N1CCN(c2nc(OC[C@@H]3CCCN3C)nc3c2CCN(c2cccc4cccc(Cl)c24)C3)C(C(N)=O)C1. The quantitative estimate of drug-likeness (QED) is 0.476. The minimum absolute atomic E-state index is 0.0743. The Kier molecular flexibility index (Phi) is 7.61. The van der Waals surface area contributed by atoms with E-state index in [1.807, 2.05) is 23.1 Å². The maximum absolute atomic E-state index is 12.6. The van der Waals surface area contributed by atoms with E-state index in [9.17, 15) is 9.59 Å². The van der Waals surface area contributed by atoms with E-state index in [-0.39, 0.29) is 12.5 Å². The molecule has 2 atom stereocenters. The largest absolute Gasteiger partial charge is 0.462 e. The molecule has 2 fully saturated rings. The number of benzene rings is 2. The summed E-state index contributed by atoms with van der Waals surface area (Å²) in [4.78, 5) is 42.7. The van der Waals surface area contributed by atoms with Crippen LogP contribution >= 0.6 is 11.6 Å². The van der Waals surface area contributed by atoms with Gasteiger partial charge in [0.1, 0.15) is 18.5 Å². The molecule has 3 aromatic rings. The molecule has 2 amide bonds. The van der Waals surface area contributed by atoms with Crippen LogP contribution in [0.5, 0.6) is 6.01 Å². The molecule has 0 spiro atoms. The normalized spacial score (nSPS) is 21.3. The zero-order valence-electron chi connectivity index (χ0n) is 23.6. The fourth-order valence-corrected chi connectivity index (χ4v) is 6.64. The molecule has 2 aromatic carbocycles. The summed E-state index contributed by atoms with van der Waals surface area (Å²) in [6.07, 6.45) is 2.89. The first-order chi connectivity index (χ1) is 19.8. The number of aromatic nitrogens is 2. The molecule has 0 saturated carbocycles. The first-order valence-electron chi connectivity index (χ1n) is 14.3. The van der Waals surface area contributed by atoms with Crippen molar-refractivity contribution in [2.75, 3.05) is 56.2 Å². The predicted octanol–water partition coefficient (Wildman–Crippen LogP) is 2.84. The van der Waals surface area contributed by atoms with Crippen LogP contribution in [0.15, 0.2) is 36.4 Å². The number of fused-ring (bicyclic) bond motifs is 2. The van der Waals surface area contributed by atoms with Gasteiger partial charge in [0.05, 0.1) is 23.8 Å². The minimum atomic E-state index is -0.685. The number of ether oxygens (including phenoxy) is 1. The molecule has 0 radical (unpaired) electrons. The number of nitrogens with zero attached hydrogens (tertiary/aromatic N) is 6. The number of likely N-dealkylation sites (N-methyl/N-ethyl adjacent to an activating group) is 1. The number of carbonyl (C=O) groups excluding carboxylic acids is 2. The van der Waals surface area contributed by atoms with Crippen molar-refractivity contribution in [2.24, 2.45) is 5.73 Å². The van der Waals surface area contributed by atoms with Gasteiger partial charge in [0, 0.05) is 49.2 Å². The number of piperazine rings is 1. The van der Waals surface area contributed by atoms with Crippen LogP contribution in [-0.2, 0) is 22.6 Å². The second kappa shape index (κ2) is 11.3. The molecule has 6 rings (SSSR count). The maximum Gasteiger partial charge on any atom is 0.318 e. The second-order valence-electron chi connectivity index (χ2n) is 11.2. The molecule has 3 aliphatic rings. The molecular weight excluding hydrogens is 542 g/mol. The Morgan fingerprint density at radius 1 is 1.10 bits per heavy atom. The monoisotopic (exact) mass is 577 g/mol. The van der Waals surface area contributed by atoms with E-state index in [1.54, 1.807) is 4.90 Å². The standard InChI is InChI=1S/C30H36ClN7O3/c1-19(39)36-14-15-38(26(17-36)28(32)40)29-22-11-13-37(25-10-4-7-20-6-3-9-23(31)27(20)25)16-24(22)33-30(34-29)41-18-21-8-5-12-35(21)2/h3-4,6-7,9-10,21,26H,5,8,11-18H2,1-2H3,(H2,32,40)/t21-,26?/m0/s1. The number of halogens is 1. The van der Waals surface area contributed by atoms with Crippen LogP contribution in [0.3, 0.4) is 0 Å². The Bertz CT molecular complexity index is 1480. The van der Waals surface area contributed by atoms with Crippen LogP contribution in [0.25, 0.3) is 10.8 Å². The third kappa shape index (κ3) is 5.38. The van der Waals surface area contributed by atoms with Gasteiger partial charge in [-0.3, -0.25) is 9.59 Å². The van der Waals surface area contributed by atoms with Gasteiger partial charge in [-0.15, -0.1) is 0 Å². The van der Waals surface area contributed by atoms with E-state index in [1.165, 1.54) is 6.92 Å². The highest BCUT2D eigenvalue weighted by molar-refractivity contribution is 6.36. The third-order valence-electron chi connectivity index (χ3n) is 8.70. The van der Waals surface area contributed by atoms with E-state index in [0.717, 1.165) is 53.6 Å². The van der Waals surface area contributed by atoms with Gasteiger partial charge in [0.15, 0.2) is 0 Å². The highest BCUT2D eigenvalue weighted by Crippen LogP contribution is 2.37. The van der Waals surface area contributed by atoms with Gasteiger partial charge in [-0.1, -0.05) is 35.9 Å². The van der Waals surface area contributed by atoms with Gasteiger partial charge in [-0.2, -0.15) is 9.97 Å². The molecular formula is C30H36ClN7O3. The van der Waals surface area contributed by atoms with Crippen molar-refractivity contribution in [3.63, 3.8) is 0 Å². The van der Waals surface area contributed by atoms with Crippen LogP contribution in [-0.4, -0.2) is 90.0 Å². The Morgan fingerprint density at radius 2 is 1.90 bits per heavy atom. The zero-order valence-corrected chi connectivity index (χ0v) is 24.3. The van der Waals surface area contributed by atoms with Gasteiger partial charge in [0.25, 0.3) is 0 Å². The van der Waals surface area contributed by atoms with Crippen LogP contribution in [0.1, 0.15) is 31.0 Å². The molecule has 216 valence electrons. The molecule has 0 bridgehead atoms.